The third-order valence-electron chi connectivity index (χ3n) is 3.60. The van der Waals surface area contributed by atoms with E-state index in [9.17, 15) is 9.59 Å². The van der Waals surface area contributed by atoms with Crippen molar-refractivity contribution in [2.45, 2.75) is 26.2 Å². The summed E-state index contributed by atoms with van der Waals surface area (Å²) in [6, 6.07) is 3.81. The number of amides is 1. The van der Waals surface area contributed by atoms with Crippen molar-refractivity contribution in [3.05, 3.63) is 26.6 Å². The highest BCUT2D eigenvalue weighted by Crippen LogP contribution is 2.36. The van der Waals surface area contributed by atoms with Crippen LogP contribution < -0.4 is 5.32 Å². The molecule has 1 fully saturated rings. The minimum atomic E-state index is -0.885. The van der Waals surface area contributed by atoms with Crippen LogP contribution in [0.5, 0.6) is 0 Å². The molecular weight excluding hydrogens is 390 g/mol. The smallest absolute Gasteiger partial charge is 0.307 e. The minimum Gasteiger partial charge on any atom is -0.481 e. The Labute approximate surface area is 134 Å². The Morgan fingerprint density at radius 1 is 1.20 bits per heavy atom. The van der Waals surface area contributed by atoms with E-state index in [1.165, 1.54) is 0 Å². The lowest BCUT2D eigenvalue weighted by molar-refractivity contribution is -0.145. The molecule has 0 radical (unpaired) electrons. The zero-order valence-electron chi connectivity index (χ0n) is 11.0. The van der Waals surface area contributed by atoms with E-state index in [4.69, 9.17) is 5.11 Å². The molecule has 20 heavy (non-hydrogen) atoms. The zero-order chi connectivity index (χ0) is 14.9. The van der Waals surface area contributed by atoms with Crippen LogP contribution in [0.4, 0.5) is 5.69 Å². The molecule has 0 aromatic heterocycles. The molecule has 1 aromatic rings. The van der Waals surface area contributed by atoms with E-state index in [-0.39, 0.29) is 5.91 Å². The number of rotatable bonds is 3. The van der Waals surface area contributed by atoms with Gasteiger partial charge in [0.2, 0.25) is 5.91 Å². The number of carbonyl (C=O) groups excluding carboxylic acids is 1. The number of carboxylic acid groups (broad SMARTS) is 1. The van der Waals surface area contributed by atoms with Gasteiger partial charge in [-0.1, -0.05) is 6.42 Å². The summed E-state index contributed by atoms with van der Waals surface area (Å²) >= 11 is 6.84. The molecule has 2 rings (SSSR count). The molecule has 2 N–H and O–H groups in total. The third-order valence-corrected chi connectivity index (χ3v) is 4.86. The molecule has 0 aliphatic heterocycles. The molecule has 1 aromatic carbocycles. The van der Waals surface area contributed by atoms with Crippen molar-refractivity contribution in [2.75, 3.05) is 5.32 Å². The summed E-state index contributed by atoms with van der Waals surface area (Å²) in [6.45, 7) is 1.96. The first-order chi connectivity index (χ1) is 9.40. The van der Waals surface area contributed by atoms with Crippen LogP contribution in [-0.2, 0) is 9.59 Å². The SMILES string of the molecule is Cc1cc(Br)c(NC(=O)[C@@H]2CCC[C@@H]2C(=O)O)c(Br)c1. The number of hydrogen-bond donors (Lipinski definition) is 2. The number of halogens is 2. The molecule has 0 saturated heterocycles. The van der Waals surface area contributed by atoms with Gasteiger partial charge in [-0.2, -0.15) is 0 Å². The predicted molar refractivity (Wildman–Crippen MR) is 83.7 cm³/mol. The normalized spacial score (nSPS) is 21.8. The third kappa shape index (κ3) is 3.23. The molecule has 0 heterocycles. The summed E-state index contributed by atoms with van der Waals surface area (Å²) in [6.07, 6.45) is 1.98. The van der Waals surface area contributed by atoms with E-state index in [0.717, 1.165) is 20.9 Å². The lowest BCUT2D eigenvalue weighted by Gasteiger charge is -2.17. The Bertz CT molecular complexity index is 536. The van der Waals surface area contributed by atoms with Crippen LogP contribution in [-0.4, -0.2) is 17.0 Å². The van der Waals surface area contributed by atoms with Gasteiger partial charge in [0.1, 0.15) is 0 Å². The first-order valence-electron chi connectivity index (χ1n) is 6.39. The number of benzene rings is 1. The van der Waals surface area contributed by atoms with Crippen LogP contribution in [0.2, 0.25) is 0 Å². The molecule has 0 unspecified atom stereocenters. The predicted octanol–water partition coefficient (Wildman–Crippen LogP) is 3.96. The summed E-state index contributed by atoms with van der Waals surface area (Å²) in [5.41, 5.74) is 1.71. The summed E-state index contributed by atoms with van der Waals surface area (Å²) in [7, 11) is 0. The summed E-state index contributed by atoms with van der Waals surface area (Å²) in [5.74, 6) is -2.13. The van der Waals surface area contributed by atoms with Gasteiger partial charge in [0.05, 0.1) is 17.5 Å². The van der Waals surface area contributed by atoms with Crippen molar-refractivity contribution < 1.29 is 14.7 Å². The van der Waals surface area contributed by atoms with Crippen molar-refractivity contribution in [1.29, 1.82) is 0 Å². The average molecular weight is 405 g/mol. The van der Waals surface area contributed by atoms with Crippen LogP contribution in [0.1, 0.15) is 24.8 Å². The van der Waals surface area contributed by atoms with Gasteiger partial charge in [-0.05, 0) is 69.3 Å². The Kier molecular flexibility index (Phi) is 4.86. The average Bonchev–Trinajstić information content (AvgIpc) is 2.82. The van der Waals surface area contributed by atoms with Crippen LogP contribution in [0.15, 0.2) is 21.1 Å². The minimum absolute atomic E-state index is 0.222. The van der Waals surface area contributed by atoms with Gasteiger partial charge in [0.15, 0.2) is 0 Å². The maximum atomic E-state index is 12.3. The fourth-order valence-corrected chi connectivity index (χ4v) is 4.22. The number of aryl methyl sites for hydroxylation is 1. The molecular formula is C14H15Br2NO3. The van der Waals surface area contributed by atoms with Crippen LogP contribution in [0.25, 0.3) is 0 Å². The quantitative estimate of drug-likeness (QED) is 0.801. The Hall–Kier alpha value is -0.880. The second kappa shape index (κ2) is 6.26. The molecule has 6 heteroatoms. The van der Waals surface area contributed by atoms with E-state index in [0.29, 0.717) is 18.5 Å². The molecule has 1 aliphatic rings. The standard InChI is InChI=1S/C14H15Br2NO3/c1-7-5-10(15)12(11(16)6-7)17-13(18)8-3-2-4-9(8)14(19)20/h5-6,8-9H,2-4H2,1H3,(H,17,18)(H,19,20)/t8-,9+/m1/s1. The number of carboxylic acids is 1. The topological polar surface area (TPSA) is 66.4 Å². The van der Waals surface area contributed by atoms with Gasteiger partial charge in [0, 0.05) is 8.95 Å². The van der Waals surface area contributed by atoms with Gasteiger partial charge in [-0.25, -0.2) is 0 Å². The van der Waals surface area contributed by atoms with Crippen LogP contribution >= 0.6 is 31.9 Å². The van der Waals surface area contributed by atoms with Crippen LogP contribution in [0.3, 0.4) is 0 Å². The molecule has 4 nitrogen and oxygen atoms in total. The molecule has 1 amide bonds. The van der Waals surface area contributed by atoms with E-state index in [1.54, 1.807) is 0 Å². The van der Waals surface area contributed by atoms with Gasteiger partial charge >= 0.3 is 5.97 Å². The van der Waals surface area contributed by atoms with Gasteiger partial charge in [-0.15, -0.1) is 0 Å². The number of hydrogen-bond acceptors (Lipinski definition) is 2. The summed E-state index contributed by atoms with van der Waals surface area (Å²) in [5, 5.41) is 12.0. The Balaban J connectivity index is 2.18. The first kappa shape index (κ1) is 15.5. The van der Waals surface area contributed by atoms with Crippen LogP contribution in [0, 0.1) is 18.8 Å². The molecule has 0 spiro atoms. The Morgan fingerprint density at radius 2 is 1.75 bits per heavy atom. The van der Waals surface area contributed by atoms with E-state index in [2.05, 4.69) is 37.2 Å². The lowest BCUT2D eigenvalue weighted by atomic mass is 9.95. The lowest BCUT2D eigenvalue weighted by Crippen LogP contribution is -2.30. The molecule has 0 bridgehead atoms. The van der Waals surface area contributed by atoms with E-state index >= 15 is 0 Å². The van der Waals surface area contributed by atoms with E-state index in [1.807, 2.05) is 19.1 Å². The largest absolute Gasteiger partial charge is 0.481 e. The summed E-state index contributed by atoms with van der Waals surface area (Å²) in [4.78, 5) is 23.5. The summed E-state index contributed by atoms with van der Waals surface area (Å²) < 4.78 is 1.56. The number of nitrogens with one attached hydrogen (secondary N) is 1. The highest BCUT2D eigenvalue weighted by atomic mass is 79.9. The second-order valence-electron chi connectivity index (χ2n) is 5.07. The second-order valence-corrected chi connectivity index (χ2v) is 6.78. The van der Waals surface area contributed by atoms with Crippen molar-refractivity contribution in [1.82, 2.24) is 0 Å². The monoisotopic (exact) mass is 403 g/mol. The van der Waals surface area contributed by atoms with Crippen molar-refractivity contribution >= 4 is 49.4 Å². The fourth-order valence-electron chi connectivity index (χ4n) is 2.60. The molecule has 1 saturated carbocycles. The maximum Gasteiger partial charge on any atom is 0.307 e. The fraction of sp³-hybridized carbons (Fsp3) is 0.429. The molecule has 2 atom stereocenters. The van der Waals surface area contributed by atoms with E-state index < -0.39 is 17.8 Å². The first-order valence-corrected chi connectivity index (χ1v) is 7.98. The van der Waals surface area contributed by atoms with Gasteiger partial charge in [-0.3, -0.25) is 9.59 Å². The maximum absolute atomic E-state index is 12.3. The molecule has 1 aliphatic carbocycles. The highest BCUT2D eigenvalue weighted by molar-refractivity contribution is 9.11. The highest BCUT2D eigenvalue weighted by Gasteiger charge is 2.38. The number of aliphatic carboxylic acids is 1. The molecule has 108 valence electrons. The van der Waals surface area contributed by atoms with Gasteiger partial charge < -0.3 is 10.4 Å². The Morgan fingerprint density at radius 3 is 2.30 bits per heavy atom. The van der Waals surface area contributed by atoms with Crippen molar-refractivity contribution in [2.24, 2.45) is 11.8 Å². The van der Waals surface area contributed by atoms with Gasteiger partial charge in [0.25, 0.3) is 0 Å². The van der Waals surface area contributed by atoms with Crippen molar-refractivity contribution in [3.63, 3.8) is 0 Å². The number of carbonyl (C=O) groups is 2. The number of anilines is 1. The van der Waals surface area contributed by atoms with Crippen molar-refractivity contribution in [3.8, 4) is 0 Å². The zero-order valence-corrected chi connectivity index (χ0v) is 14.1.